The minimum absolute atomic E-state index is 0.0189. The van der Waals surface area contributed by atoms with Crippen LogP contribution >= 0.6 is 0 Å². The Morgan fingerprint density at radius 1 is 1.55 bits per heavy atom. The zero-order valence-corrected chi connectivity index (χ0v) is 12.7. The molecule has 0 aliphatic heterocycles. The van der Waals surface area contributed by atoms with Gasteiger partial charge in [-0.25, -0.2) is 0 Å². The van der Waals surface area contributed by atoms with E-state index in [0.717, 1.165) is 31.9 Å². The van der Waals surface area contributed by atoms with Crippen molar-refractivity contribution in [1.29, 1.82) is 0 Å². The van der Waals surface area contributed by atoms with E-state index in [1.165, 1.54) is 18.2 Å². The van der Waals surface area contributed by atoms with Crippen molar-refractivity contribution in [2.75, 3.05) is 6.61 Å². The maximum Gasteiger partial charge on any atom is 0.320 e. The Kier molecular flexibility index (Phi) is 5.48. The fraction of sp³-hybridized carbons (Fsp3) is 0.714. The molecular formula is C14H22N4O4. The maximum atomic E-state index is 12.4. The van der Waals surface area contributed by atoms with E-state index in [4.69, 9.17) is 0 Å². The highest BCUT2D eigenvalue weighted by atomic mass is 16.6. The van der Waals surface area contributed by atoms with Crippen molar-refractivity contribution >= 4 is 11.6 Å². The number of rotatable bonds is 6. The van der Waals surface area contributed by atoms with Crippen LogP contribution in [0, 0.1) is 16.0 Å². The monoisotopic (exact) mass is 310 g/mol. The molecule has 0 bridgehead atoms. The summed E-state index contributed by atoms with van der Waals surface area (Å²) in [6, 6.07) is -0.160. The molecule has 1 amide bonds. The number of hydrogen-bond acceptors (Lipinski definition) is 5. The molecule has 0 saturated heterocycles. The molecule has 1 atom stereocenters. The van der Waals surface area contributed by atoms with E-state index in [-0.39, 0.29) is 24.0 Å². The molecule has 0 radical (unpaired) electrons. The summed E-state index contributed by atoms with van der Waals surface area (Å²) >= 11 is 0. The zero-order valence-electron chi connectivity index (χ0n) is 12.7. The summed E-state index contributed by atoms with van der Waals surface area (Å²) in [7, 11) is 1.50. The lowest BCUT2D eigenvalue weighted by Gasteiger charge is -2.30. The first-order chi connectivity index (χ1) is 10.5. The third-order valence-electron chi connectivity index (χ3n) is 4.31. The minimum Gasteiger partial charge on any atom is -0.396 e. The number of carbonyl (C=O) groups is 1. The molecule has 1 aromatic rings. The number of aryl methyl sites for hydroxylation is 1. The predicted octanol–water partition coefficient (Wildman–Crippen LogP) is 1.39. The molecular weight excluding hydrogens is 288 g/mol. The van der Waals surface area contributed by atoms with E-state index in [1.54, 1.807) is 0 Å². The second kappa shape index (κ2) is 7.35. The summed E-state index contributed by atoms with van der Waals surface area (Å²) in [6.45, 7) is -0.0189. The van der Waals surface area contributed by atoms with Crippen LogP contribution in [0.25, 0.3) is 0 Å². The molecule has 1 aliphatic carbocycles. The van der Waals surface area contributed by atoms with Gasteiger partial charge in [0, 0.05) is 19.7 Å². The van der Waals surface area contributed by atoms with Gasteiger partial charge < -0.3 is 10.4 Å². The number of nitro groups is 1. The van der Waals surface area contributed by atoms with Crippen molar-refractivity contribution in [2.24, 2.45) is 13.0 Å². The molecule has 2 N–H and O–H groups in total. The molecule has 0 spiro atoms. The average Bonchev–Trinajstić information content (AvgIpc) is 2.89. The van der Waals surface area contributed by atoms with Gasteiger partial charge >= 0.3 is 5.69 Å². The standard InChI is InChI=1S/C14H22N4O4/c1-17-13(12(9-15-17)18(21)22)14(20)16-11(7-8-19)10-5-3-2-4-6-10/h9-11,19H,2-8H2,1H3,(H,16,20). The molecule has 1 saturated carbocycles. The maximum absolute atomic E-state index is 12.4. The number of aromatic nitrogens is 2. The summed E-state index contributed by atoms with van der Waals surface area (Å²) < 4.78 is 1.21. The SMILES string of the molecule is Cn1ncc([N+](=O)[O-])c1C(=O)NC(CCO)C1CCCCC1. The fourth-order valence-electron chi connectivity index (χ4n) is 3.16. The van der Waals surface area contributed by atoms with Crippen LogP contribution in [0.3, 0.4) is 0 Å². The van der Waals surface area contributed by atoms with Gasteiger partial charge in [0.25, 0.3) is 5.91 Å². The summed E-state index contributed by atoms with van der Waals surface area (Å²) in [5.41, 5.74) is -0.352. The lowest BCUT2D eigenvalue weighted by Crippen LogP contribution is -2.42. The Balaban J connectivity index is 2.14. The molecule has 8 heteroatoms. The summed E-state index contributed by atoms with van der Waals surface area (Å²) in [5, 5.41) is 26.9. The first kappa shape index (κ1) is 16.4. The number of amides is 1. The third kappa shape index (κ3) is 3.62. The Morgan fingerprint density at radius 2 is 2.23 bits per heavy atom. The van der Waals surface area contributed by atoms with Gasteiger partial charge in [0.1, 0.15) is 6.20 Å². The smallest absolute Gasteiger partial charge is 0.320 e. The van der Waals surface area contributed by atoms with Gasteiger partial charge in [-0.05, 0) is 25.2 Å². The number of carbonyl (C=O) groups excluding carboxylic acids is 1. The molecule has 1 aromatic heterocycles. The van der Waals surface area contributed by atoms with Gasteiger partial charge in [0.15, 0.2) is 0 Å². The van der Waals surface area contributed by atoms with Crippen LogP contribution in [0.15, 0.2) is 6.20 Å². The Bertz CT molecular complexity index is 537. The van der Waals surface area contributed by atoms with Gasteiger partial charge in [-0.1, -0.05) is 19.3 Å². The molecule has 0 aromatic carbocycles. The second-order valence-electron chi connectivity index (χ2n) is 5.75. The Labute approximate surface area is 128 Å². The molecule has 8 nitrogen and oxygen atoms in total. The Hall–Kier alpha value is -1.96. The zero-order chi connectivity index (χ0) is 16.1. The molecule has 1 aliphatic rings. The van der Waals surface area contributed by atoms with Crippen molar-refractivity contribution in [3.05, 3.63) is 22.0 Å². The van der Waals surface area contributed by atoms with Gasteiger partial charge in [-0.15, -0.1) is 0 Å². The molecule has 1 heterocycles. The minimum atomic E-state index is -0.608. The highest BCUT2D eigenvalue weighted by molar-refractivity contribution is 5.96. The van der Waals surface area contributed by atoms with Crippen molar-refractivity contribution in [3.63, 3.8) is 0 Å². The summed E-state index contributed by atoms with van der Waals surface area (Å²) in [4.78, 5) is 22.8. The Morgan fingerprint density at radius 3 is 2.82 bits per heavy atom. The van der Waals surface area contributed by atoms with Crippen LogP contribution < -0.4 is 5.32 Å². The van der Waals surface area contributed by atoms with Crippen LogP contribution in [-0.4, -0.2) is 38.4 Å². The van der Waals surface area contributed by atoms with Gasteiger partial charge in [-0.2, -0.15) is 5.10 Å². The van der Waals surface area contributed by atoms with Crippen LogP contribution in [0.1, 0.15) is 49.0 Å². The number of aliphatic hydroxyl groups excluding tert-OH is 1. The van der Waals surface area contributed by atoms with Crippen molar-refractivity contribution < 1.29 is 14.8 Å². The van der Waals surface area contributed by atoms with Gasteiger partial charge in [0.05, 0.1) is 4.92 Å². The number of aliphatic hydroxyl groups is 1. The first-order valence-electron chi connectivity index (χ1n) is 7.62. The lowest BCUT2D eigenvalue weighted by atomic mass is 9.82. The van der Waals surface area contributed by atoms with Gasteiger partial charge in [-0.3, -0.25) is 19.6 Å². The average molecular weight is 310 g/mol. The topological polar surface area (TPSA) is 110 Å². The number of hydrogen-bond donors (Lipinski definition) is 2. The van der Waals surface area contributed by atoms with E-state index in [1.807, 2.05) is 0 Å². The fourth-order valence-corrected chi connectivity index (χ4v) is 3.16. The lowest BCUT2D eigenvalue weighted by molar-refractivity contribution is -0.385. The predicted molar refractivity (Wildman–Crippen MR) is 79.4 cm³/mol. The van der Waals surface area contributed by atoms with Crippen LogP contribution in [-0.2, 0) is 7.05 Å². The van der Waals surface area contributed by atoms with E-state index in [9.17, 15) is 20.0 Å². The summed E-state index contributed by atoms with van der Waals surface area (Å²) in [6.07, 6.45) is 7.00. The highest BCUT2D eigenvalue weighted by Crippen LogP contribution is 2.28. The first-order valence-corrected chi connectivity index (χ1v) is 7.62. The van der Waals surface area contributed by atoms with Crippen LogP contribution in [0.4, 0.5) is 5.69 Å². The normalized spacial score (nSPS) is 17.2. The largest absolute Gasteiger partial charge is 0.396 e. The van der Waals surface area contributed by atoms with E-state index in [0.29, 0.717) is 12.3 Å². The van der Waals surface area contributed by atoms with E-state index >= 15 is 0 Å². The molecule has 1 unspecified atom stereocenters. The molecule has 1 fully saturated rings. The third-order valence-corrected chi connectivity index (χ3v) is 4.31. The second-order valence-corrected chi connectivity index (χ2v) is 5.75. The van der Waals surface area contributed by atoms with Crippen LogP contribution in [0.5, 0.6) is 0 Å². The summed E-state index contributed by atoms with van der Waals surface area (Å²) in [5.74, 6) is -0.187. The van der Waals surface area contributed by atoms with Gasteiger partial charge in [0.2, 0.25) is 5.69 Å². The molecule has 22 heavy (non-hydrogen) atoms. The van der Waals surface area contributed by atoms with Crippen molar-refractivity contribution in [3.8, 4) is 0 Å². The number of nitrogens with one attached hydrogen (secondary N) is 1. The number of nitrogens with zero attached hydrogens (tertiary/aromatic N) is 3. The quantitative estimate of drug-likeness (QED) is 0.609. The molecule has 2 rings (SSSR count). The van der Waals surface area contributed by atoms with Crippen molar-refractivity contribution in [1.82, 2.24) is 15.1 Å². The van der Waals surface area contributed by atoms with Crippen LogP contribution in [0.2, 0.25) is 0 Å². The molecule has 122 valence electrons. The van der Waals surface area contributed by atoms with E-state index in [2.05, 4.69) is 10.4 Å². The van der Waals surface area contributed by atoms with E-state index < -0.39 is 10.8 Å². The highest BCUT2D eigenvalue weighted by Gasteiger charge is 2.30. The van der Waals surface area contributed by atoms with Crippen molar-refractivity contribution in [2.45, 2.75) is 44.6 Å².